The van der Waals surface area contributed by atoms with Crippen LogP contribution in [0.15, 0.2) is 42.5 Å². The molecule has 42 heavy (non-hydrogen) atoms. The van der Waals surface area contributed by atoms with Crippen molar-refractivity contribution >= 4 is 17.7 Å². The Kier molecular flexibility index (Phi) is 9.97. The molecular weight excluding hydrogens is 536 g/mol. The molecule has 2 saturated heterocycles. The molecule has 2 aromatic carbocycles. The number of benzene rings is 2. The third-order valence-corrected chi connectivity index (χ3v) is 8.07. The van der Waals surface area contributed by atoms with Crippen molar-refractivity contribution in [3.63, 3.8) is 0 Å². The van der Waals surface area contributed by atoms with Gasteiger partial charge in [-0.2, -0.15) is 0 Å². The molecule has 3 heterocycles. The summed E-state index contributed by atoms with van der Waals surface area (Å²) in [7, 11) is 1.59. The lowest BCUT2D eigenvalue weighted by molar-refractivity contribution is -0.138. The molecule has 10 nitrogen and oxygen atoms in total. The maximum absolute atomic E-state index is 13.4. The van der Waals surface area contributed by atoms with Gasteiger partial charge in [0.1, 0.15) is 17.2 Å². The molecule has 0 saturated carbocycles. The first kappa shape index (κ1) is 29.8. The molecule has 0 unspecified atom stereocenters. The third-order valence-electron chi connectivity index (χ3n) is 8.07. The van der Waals surface area contributed by atoms with Crippen LogP contribution in [0, 0.1) is 0 Å². The number of carbonyl (C=O) groups is 3. The summed E-state index contributed by atoms with van der Waals surface area (Å²) in [6, 6.07) is 12.3. The van der Waals surface area contributed by atoms with Gasteiger partial charge < -0.3 is 29.3 Å². The van der Waals surface area contributed by atoms with E-state index in [9.17, 15) is 14.4 Å². The van der Waals surface area contributed by atoms with Crippen molar-refractivity contribution in [2.24, 2.45) is 0 Å². The first-order chi connectivity index (χ1) is 20.4. The predicted octanol–water partition coefficient (Wildman–Crippen LogP) is 3.44. The van der Waals surface area contributed by atoms with E-state index in [-0.39, 0.29) is 30.4 Å². The molecule has 3 aliphatic heterocycles. The Morgan fingerprint density at radius 1 is 1.02 bits per heavy atom. The molecule has 3 aliphatic rings. The number of piperidine rings is 1. The zero-order valence-electron chi connectivity index (χ0n) is 24.7. The van der Waals surface area contributed by atoms with E-state index in [4.69, 9.17) is 14.2 Å². The van der Waals surface area contributed by atoms with Gasteiger partial charge in [0.05, 0.1) is 38.4 Å². The minimum atomic E-state index is -0.400. The van der Waals surface area contributed by atoms with Gasteiger partial charge in [0, 0.05) is 31.8 Å². The van der Waals surface area contributed by atoms with E-state index < -0.39 is 6.04 Å². The van der Waals surface area contributed by atoms with Crippen molar-refractivity contribution in [1.82, 2.24) is 20.0 Å². The molecule has 3 amide bonds. The Labute approximate surface area is 247 Å². The Morgan fingerprint density at radius 2 is 1.83 bits per heavy atom. The minimum Gasteiger partial charge on any atom is -0.494 e. The van der Waals surface area contributed by atoms with Gasteiger partial charge in [0.25, 0.3) is 5.91 Å². The van der Waals surface area contributed by atoms with Gasteiger partial charge >= 0.3 is 0 Å². The fourth-order valence-electron chi connectivity index (χ4n) is 5.88. The maximum atomic E-state index is 13.4. The van der Waals surface area contributed by atoms with Crippen molar-refractivity contribution in [1.29, 1.82) is 0 Å². The minimum absolute atomic E-state index is 0.0823. The van der Waals surface area contributed by atoms with Crippen LogP contribution < -0.4 is 14.8 Å². The Balaban J connectivity index is 1.36. The van der Waals surface area contributed by atoms with Crippen molar-refractivity contribution in [2.75, 3.05) is 52.9 Å². The van der Waals surface area contributed by atoms with Crippen LogP contribution in [0.4, 0.5) is 0 Å². The Hall–Kier alpha value is -3.63. The smallest absolute Gasteiger partial charge is 0.254 e. The van der Waals surface area contributed by atoms with Crippen LogP contribution >= 0.6 is 0 Å². The summed E-state index contributed by atoms with van der Waals surface area (Å²) in [5.41, 5.74) is 1.28. The van der Waals surface area contributed by atoms with Crippen LogP contribution in [0.3, 0.4) is 0 Å². The highest BCUT2D eigenvalue weighted by Crippen LogP contribution is 2.29. The molecule has 1 N–H and O–H groups in total. The fourth-order valence-corrected chi connectivity index (χ4v) is 5.88. The molecule has 2 atom stereocenters. The van der Waals surface area contributed by atoms with Crippen molar-refractivity contribution in [3.8, 4) is 17.2 Å². The third kappa shape index (κ3) is 7.80. The van der Waals surface area contributed by atoms with Crippen LogP contribution in [-0.2, 0) is 20.9 Å². The average molecular weight is 579 g/mol. The summed E-state index contributed by atoms with van der Waals surface area (Å²) in [6.07, 6.45) is 5.00. The zero-order chi connectivity index (χ0) is 29.5. The van der Waals surface area contributed by atoms with Gasteiger partial charge in [-0.3, -0.25) is 19.3 Å². The van der Waals surface area contributed by atoms with Gasteiger partial charge in [-0.15, -0.1) is 0 Å². The largest absolute Gasteiger partial charge is 0.494 e. The summed E-state index contributed by atoms with van der Waals surface area (Å²) in [5.74, 6) is 1.03. The monoisotopic (exact) mass is 578 g/mol. The molecule has 5 rings (SSSR count). The predicted molar refractivity (Wildman–Crippen MR) is 158 cm³/mol. The van der Waals surface area contributed by atoms with Crippen molar-refractivity contribution < 1.29 is 28.6 Å². The lowest BCUT2D eigenvalue weighted by Crippen LogP contribution is -2.59. The summed E-state index contributed by atoms with van der Waals surface area (Å²) < 4.78 is 18.2. The van der Waals surface area contributed by atoms with E-state index in [0.29, 0.717) is 62.1 Å². The molecular formula is C32H42N4O6. The number of nitrogens with zero attached hydrogens (tertiary/aromatic N) is 3. The van der Waals surface area contributed by atoms with Crippen molar-refractivity contribution in [3.05, 3.63) is 53.6 Å². The number of likely N-dealkylation sites (N-methyl/N-ethyl adjacent to an activating group) is 1. The van der Waals surface area contributed by atoms with Crippen molar-refractivity contribution in [2.45, 2.75) is 57.8 Å². The quantitative estimate of drug-likeness (QED) is 0.593. The molecule has 10 heteroatoms. The van der Waals surface area contributed by atoms with Gasteiger partial charge in [0.15, 0.2) is 0 Å². The van der Waals surface area contributed by atoms with E-state index in [1.165, 1.54) is 17.7 Å². The molecule has 2 fully saturated rings. The summed E-state index contributed by atoms with van der Waals surface area (Å²) >= 11 is 0. The lowest BCUT2D eigenvalue weighted by Gasteiger charge is -2.39. The maximum Gasteiger partial charge on any atom is 0.254 e. The summed E-state index contributed by atoms with van der Waals surface area (Å²) in [6.45, 7) is 5.73. The lowest BCUT2D eigenvalue weighted by atomic mass is 10.0. The second-order valence-electron chi connectivity index (χ2n) is 11.4. The molecule has 226 valence electrons. The highest BCUT2D eigenvalue weighted by atomic mass is 16.5. The van der Waals surface area contributed by atoms with E-state index in [0.717, 1.165) is 31.5 Å². The molecule has 0 spiro atoms. The van der Waals surface area contributed by atoms with Gasteiger partial charge in [0.2, 0.25) is 11.8 Å². The highest BCUT2D eigenvalue weighted by molar-refractivity contribution is 5.97. The fraction of sp³-hybridized carbons (Fsp3) is 0.531. The topological polar surface area (TPSA) is 101 Å². The average Bonchev–Trinajstić information content (AvgIpc) is 3.24. The SMILES string of the molecule is CCOc1cc2cc(c1)C(=O)N(C)CC(=O)N[C@H]1CN(C(=O)CN3CCCCCC3)CC[C@H]1OCc1cccc(c1)O2. The van der Waals surface area contributed by atoms with Crippen LogP contribution in [0.1, 0.15) is 54.9 Å². The summed E-state index contributed by atoms with van der Waals surface area (Å²) in [4.78, 5) is 45.4. The number of likely N-dealkylation sites (tertiary alicyclic amines) is 2. The first-order valence-electron chi connectivity index (χ1n) is 15.1. The number of amides is 3. The number of hydrogen-bond acceptors (Lipinski definition) is 7. The Bertz CT molecular complexity index is 1260. The van der Waals surface area contributed by atoms with E-state index in [2.05, 4.69) is 10.2 Å². The molecule has 0 aromatic heterocycles. The Morgan fingerprint density at radius 3 is 2.62 bits per heavy atom. The first-order valence-corrected chi connectivity index (χ1v) is 15.1. The van der Waals surface area contributed by atoms with Crippen LogP contribution in [-0.4, -0.2) is 97.5 Å². The summed E-state index contributed by atoms with van der Waals surface area (Å²) in [5, 5.41) is 3.08. The number of ether oxygens (including phenoxy) is 3. The second kappa shape index (κ2) is 14.0. The number of hydrogen-bond donors (Lipinski definition) is 1. The molecule has 0 radical (unpaired) electrons. The number of carbonyl (C=O) groups excluding carboxylic acids is 3. The van der Waals surface area contributed by atoms with Gasteiger partial charge in [-0.25, -0.2) is 0 Å². The number of rotatable bonds is 4. The van der Waals surface area contributed by atoms with E-state index >= 15 is 0 Å². The van der Waals surface area contributed by atoms with Crippen LogP contribution in [0.2, 0.25) is 0 Å². The van der Waals surface area contributed by atoms with Gasteiger partial charge in [-0.05, 0) is 69.1 Å². The number of nitrogens with one attached hydrogen (secondary N) is 1. The van der Waals surface area contributed by atoms with E-state index in [1.807, 2.05) is 36.1 Å². The standard InChI is InChI=1S/C32H42N4O6/c1-3-40-26-16-24-17-27(18-26)42-25-10-8-9-23(15-25)22-41-29-11-14-36(31(38)21-35-12-6-4-5-7-13-35)19-28(29)33-30(37)20-34(2)32(24)39/h8-10,15-18,28-29H,3-7,11-14,19-22H2,1-2H3,(H,33,37)/t28-,29+/m0/s1. The molecule has 4 bridgehead atoms. The van der Waals surface area contributed by atoms with Crippen LogP contribution in [0.25, 0.3) is 0 Å². The van der Waals surface area contributed by atoms with Crippen LogP contribution in [0.5, 0.6) is 17.2 Å². The van der Waals surface area contributed by atoms with Gasteiger partial charge in [-0.1, -0.05) is 25.0 Å². The highest BCUT2D eigenvalue weighted by Gasteiger charge is 2.34. The zero-order valence-corrected chi connectivity index (χ0v) is 24.7. The molecule has 2 aromatic rings. The molecule has 0 aliphatic carbocycles. The second-order valence-corrected chi connectivity index (χ2v) is 11.4. The normalized spacial score (nSPS) is 22.4. The van der Waals surface area contributed by atoms with E-state index in [1.54, 1.807) is 25.2 Å². The number of fused-ring (bicyclic) bond motifs is 5.